The summed E-state index contributed by atoms with van der Waals surface area (Å²) in [7, 11) is 0. The van der Waals surface area contributed by atoms with Gasteiger partial charge in [-0.1, -0.05) is 6.07 Å². The Hall–Kier alpha value is -3.16. The van der Waals surface area contributed by atoms with Crippen LogP contribution in [0, 0.1) is 0 Å². The second kappa shape index (κ2) is 7.91. The summed E-state index contributed by atoms with van der Waals surface area (Å²) in [6.45, 7) is 5.19. The number of rotatable bonds is 5. The number of hydrogen-bond acceptors (Lipinski definition) is 5. The Morgan fingerprint density at radius 2 is 1.62 bits per heavy atom. The molecule has 4 N–H and O–H groups in total. The Balaban J connectivity index is 1.99. The fraction of sp³-hybridized carbons (Fsp3) is 0.250. The van der Waals surface area contributed by atoms with Crippen LogP contribution in [0.4, 0.5) is 27.8 Å². The van der Waals surface area contributed by atoms with Crippen LogP contribution in [-0.2, 0) is 4.79 Å². The Labute approximate surface area is 140 Å². The van der Waals surface area contributed by atoms with E-state index in [9.17, 15) is 9.59 Å². The Morgan fingerprint density at radius 3 is 2.25 bits per heavy atom. The molecule has 0 saturated heterocycles. The number of urea groups is 1. The Morgan fingerprint density at radius 1 is 0.958 bits per heavy atom. The standard InChI is InChI=1S/C16H20N6O2/c1-10(2)17-16(24)20-15-8-7-14(21-22-15)19-13-6-4-5-12(9-13)18-11(3)23/h4-10H,1-3H3,(H,18,23)(H,19,21)(H2,17,20,22,24). The van der Waals surface area contributed by atoms with Crippen LogP contribution < -0.4 is 21.3 Å². The van der Waals surface area contributed by atoms with Crippen molar-refractivity contribution in [1.29, 1.82) is 0 Å². The SMILES string of the molecule is CC(=O)Nc1cccc(Nc2ccc(NC(=O)NC(C)C)nn2)c1. The maximum atomic E-state index is 11.6. The summed E-state index contributed by atoms with van der Waals surface area (Å²) >= 11 is 0. The molecule has 1 aromatic carbocycles. The number of carbonyl (C=O) groups is 2. The van der Waals surface area contributed by atoms with E-state index in [4.69, 9.17) is 0 Å². The van der Waals surface area contributed by atoms with Gasteiger partial charge in [0.2, 0.25) is 5.91 Å². The zero-order valence-corrected chi connectivity index (χ0v) is 13.8. The molecular formula is C16H20N6O2. The van der Waals surface area contributed by atoms with Crippen molar-refractivity contribution in [2.45, 2.75) is 26.8 Å². The van der Waals surface area contributed by atoms with Gasteiger partial charge in [-0.15, -0.1) is 10.2 Å². The minimum Gasteiger partial charge on any atom is -0.339 e. The van der Waals surface area contributed by atoms with E-state index in [0.29, 0.717) is 17.3 Å². The minimum atomic E-state index is -0.331. The lowest BCUT2D eigenvalue weighted by Gasteiger charge is -2.10. The highest BCUT2D eigenvalue weighted by Gasteiger charge is 2.05. The summed E-state index contributed by atoms with van der Waals surface area (Å²) in [5, 5.41) is 19.0. The van der Waals surface area contributed by atoms with Gasteiger partial charge < -0.3 is 16.0 Å². The lowest BCUT2D eigenvalue weighted by molar-refractivity contribution is -0.114. The van der Waals surface area contributed by atoms with Gasteiger partial charge in [0.1, 0.15) is 0 Å². The van der Waals surface area contributed by atoms with Crippen LogP contribution in [0.25, 0.3) is 0 Å². The van der Waals surface area contributed by atoms with E-state index in [-0.39, 0.29) is 18.0 Å². The first kappa shape index (κ1) is 17.2. The molecule has 8 nitrogen and oxygen atoms in total. The van der Waals surface area contributed by atoms with E-state index >= 15 is 0 Å². The van der Waals surface area contributed by atoms with Crippen molar-refractivity contribution < 1.29 is 9.59 Å². The first-order valence-corrected chi connectivity index (χ1v) is 7.48. The first-order chi connectivity index (χ1) is 11.4. The van der Waals surface area contributed by atoms with Crippen molar-refractivity contribution in [1.82, 2.24) is 15.5 Å². The molecule has 3 amide bonds. The number of carbonyl (C=O) groups excluding carboxylic acids is 2. The number of aromatic nitrogens is 2. The third-order valence-electron chi connectivity index (χ3n) is 2.78. The fourth-order valence-corrected chi connectivity index (χ4v) is 1.91. The highest BCUT2D eigenvalue weighted by atomic mass is 16.2. The molecule has 126 valence electrons. The predicted molar refractivity (Wildman–Crippen MR) is 93.4 cm³/mol. The van der Waals surface area contributed by atoms with Gasteiger partial charge in [-0.2, -0.15) is 0 Å². The molecule has 0 radical (unpaired) electrons. The average molecular weight is 328 g/mol. The van der Waals surface area contributed by atoms with E-state index in [1.54, 1.807) is 24.3 Å². The number of hydrogen-bond donors (Lipinski definition) is 4. The topological polar surface area (TPSA) is 108 Å². The smallest absolute Gasteiger partial charge is 0.320 e. The van der Waals surface area contributed by atoms with Crippen LogP contribution in [0.1, 0.15) is 20.8 Å². The Kier molecular flexibility index (Phi) is 5.67. The van der Waals surface area contributed by atoms with Crippen LogP contribution in [0.5, 0.6) is 0 Å². The quantitative estimate of drug-likeness (QED) is 0.675. The molecule has 0 atom stereocenters. The predicted octanol–water partition coefficient (Wildman–Crippen LogP) is 2.71. The molecule has 2 rings (SSSR count). The van der Waals surface area contributed by atoms with Gasteiger partial charge in [0, 0.05) is 24.3 Å². The molecule has 8 heteroatoms. The molecule has 0 saturated carbocycles. The van der Waals surface area contributed by atoms with E-state index in [2.05, 4.69) is 31.5 Å². The molecule has 0 unspecified atom stereocenters. The zero-order chi connectivity index (χ0) is 17.5. The number of anilines is 4. The fourth-order valence-electron chi connectivity index (χ4n) is 1.91. The molecule has 1 heterocycles. The lowest BCUT2D eigenvalue weighted by atomic mass is 10.2. The molecule has 0 aliphatic carbocycles. The van der Waals surface area contributed by atoms with Crippen LogP contribution >= 0.6 is 0 Å². The summed E-state index contributed by atoms with van der Waals surface area (Å²) in [5.74, 6) is 0.734. The van der Waals surface area contributed by atoms with Gasteiger partial charge in [0.15, 0.2) is 11.6 Å². The number of amides is 3. The number of nitrogens with one attached hydrogen (secondary N) is 4. The molecule has 0 bridgehead atoms. The van der Waals surface area contributed by atoms with Crippen molar-refractivity contribution in [3.63, 3.8) is 0 Å². The maximum Gasteiger partial charge on any atom is 0.320 e. The highest BCUT2D eigenvalue weighted by Crippen LogP contribution is 2.19. The average Bonchev–Trinajstić information content (AvgIpc) is 2.48. The van der Waals surface area contributed by atoms with Gasteiger partial charge in [0.25, 0.3) is 0 Å². The van der Waals surface area contributed by atoms with Crippen molar-refractivity contribution >= 4 is 34.9 Å². The lowest BCUT2D eigenvalue weighted by Crippen LogP contribution is -2.34. The first-order valence-electron chi connectivity index (χ1n) is 7.48. The van der Waals surface area contributed by atoms with Gasteiger partial charge in [-0.3, -0.25) is 10.1 Å². The van der Waals surface area contributed by atoms with Gasteiger partial charge >= 0.3 is 6.03 Å². The largest absolute Gasteiger partial charge is 0.339 e. The molecule has 1 aromatic heterocycles. The summed E-state index contributed by atoms with van der Waals surface area (Å²) in [6.07, 6.45) is 0. The zero-order valence-electron chi connectivity index (χ0n) is 13.8. The molecule has 0 fully saturated rings. The minimum absolute atomic E-state index is 0.0368. The van der Waals surface area contributed by atoms with Crippen molar-refractivity contribution in [2.24, 2.45) is 0 Å². The van der Waals surface area contributed by atoms with Crippen LogP contribution in [-0.4, -0.2) is 28.2 Å². The monoisotopic (exact) mass is 328 g/mol. The van der Waals surface area contributed by atoms with Crippen LogP contribution in [0.2, 0.25) is 0 Å². The molecule has 2 aromatic rings. The highest BCUT2D eigenvalue weighted by molar-refractivity contribution is 5.89. The normalized spacial score (nSPS) is 10.2. The van der Waals surface area contributed by atoms with Gasteiger partial charge in [0.05, 0.1) is 0 Å². The number of nitrogens with zero attached hydrogens (tertiary/aromatic N) is 2. The molecular weight excluding hydrogens is 308 g/mol. The van der Waals surface area contributed by atoms with Crippen LogP contribution in [0.3, 0.4) is 0 Å². The van der Waals surface area contributed by atoms with Gasteiger partial charge in [-0.05, 0) is 44.2 Å². The van der Waals surface area contributed by atoms with E-state index < -0.39 is 0 Å². The molecule has 0 spiro atoms. The van der Waals surface area contributed by atoms with Gasteiger partial charge in [-0.25, -0.2) is 4.79 Å². The molecule has 24 heavy (non-hydrogen) atoms. The molecule has 0 aliphatic heterocycles. The third-order valence-corrected chi connectivity index (χ3v) is 2.78. The van der Waals surface area contributed by atoms with Crippen molar-refractivity contribution in [3.05, 3.63) is 36.4 Å². The van der Waals surface area contributed by atoms with Crippen molar-refractivity contribution in [2.75, 3.05) is 16.0 Å². The Bertz CT molecular complexity index is 715. The third kappa shape index (κ3) is 5.56. The maximum absolute atomic E-state index is 11.6. The van der Waals surface area contributed by atoms with E-state index in [0.717, 1.165) is 5.69 Å². The summed E-state index contributed by atoms with van der Waals surface area (Å²) in [4.78, 5) is 22.7. The summed E-state index contributed by atoms with van der Waals surface area (Å²) < 4.78 is 0. The molecule has 0 aliphatic rings. The second-order valence-electron chi connectivity index (χ2n) is 5.44. The van der Waals surface area contributed by atoms with E-state index in [1.807, 2.05) is 26.0 Å². The van der Waals surface area contributed by atoms with Crippen molar-refractivity contribution in [3.8, 4) is 0 Å². The second-order valence-corrected chi connectivity index (χ2v) is 5.44. The van der Waals surface area contributed by atoms with Crippen LogP contribution in [0.15, 0.2) is 36.4 Å². The number of benzene rings is 1. The summed E-state index contributed by atoms with van der Waals surface area (Å²) in [5.41, 5.74) is 1.44. The van der Waals surface area contributed by atoms with E-state index in [1.165, 1.54) is 6.92 Å². The summed E-state index contributed by atoms with van der Waals surface area (Å²) in [6, 6.07) is 10.3.